The molecule has 0 bridgehead atoms. The predicted octanol–water partition coefficient (Wildman–Crippen LogP) is 4.02. The molecule has 0 aliphatic carbocycles. The SMILES string of the molecule is C=CCOC(C)C(=O)OCc1csc(Cc2ccc(Cl)cc2)n1. The fourth-order valence-corrected chi connectivity index (χ4v) is 2.75. The molecule has 1 unspecified atom stereocenters. The van der Waals surface area contributed by atoms with E-state index < -0.39 is 12.1 Å². The molecule has 1 atom stereocenters. The minimum atomic E-state index is -0.611. The zero-order chi connectivity index (χ0) is 16.7. The molecule has 6 heteroatoms. The summed E-state index contributed by atoms with van der Waals surface area (Å²) >= 11 is 7.41. The number of carbonyl (C=O) groups is 1. The summed E-state index contributed by atoms with van der Waals surface area (Å²) in [6.07, 6.45) is 1.71. The van der Waals surface area contributed by atoms with Crippen molar-refractivity contribution in [1.82, 2.24) is 4.98 Å². The van der Waals surface area contributed by atoms with Crippen LogP contribution >= 0.6 is 22.9 Å². The average Bonchev–Trinajstić information content (AvgIpc) is 3.00. The molecule has 122 valence electrons. The quantitative estimate of drug-likeness (QED) is 0.532. The van der Waals surface area contributed by atoms with Crippen LogP contribution in [0.4, 0.5) is 0 Å². The Balaban J connectivity index is 1.83. The third-order valence-corrected chi connectivity index (χ3v) is 4.18. The summed E-state index contributed by atoms with van der Waals surface area (Å²) < 4.78 is 10.4. The van der Waals surface area contributed by atoms with Crippen molar-refractivity contribution in [2.24, 2.45) is 0 Å². The lowest BCUT2D eigenvalue weighted by Crippen LogP contribution is -2.23. The van der Waals surface area contributed by atoms with Crippen molar-refractivity contribution in [3.05, 3.63) is 63.6 Å². The van der Waals surface area contributed by atoms with Gasteiger partial charge in [0, 0.05) is 16.8 Å². The molecule has 4 nitrogen and oxygen atoms in total. The van der Waals surface area contributed by atoms with Gasteiger partial charge in [-0.3, -0.25) is 0 Å². The zero-order valence-corrected chi connectivity index (χ0v) is 14.4. The molecule has 0 N–H and O–H groups in total. The number of hydrogen-bond acceptors (Lipinski definition) is 5. The van der Waals surface area contributed by atoms with Gasteiger partial charge in [0.15, 0.2) is 6.10 Å². The first-order chi connectivity index (χ1) is 11.1. The van der Waals surface area contributed by atoms with E-state index in [1.54, 1.807) is 24.3 Å². The van der Waals surface area contributed by atoms with Gasteiger partial charge < -0.3 is 9.47 Å². The van der Waals surface area contributed by atoms with E-state index in [9.17, 15) is 4.79 Å². The summed E-state index contributed by atoms with van der Waals surface area (Å²) in [6.45, 7) is 5.65. The van der Waals surface area contributed by atoms with E-state index in [1.165, 1.54) is 0 Å². The Bertz CT molecular complexity index is 654. The van der Waals surface area contributed by atoms with Gasteiger partial charge in [0.1, 0.15) is 6.61 Å². The first-order valence-electron chi connectivity index (χ1n) is 7.15. The summed E-state index contributed by atoms with van der Waals surface area (Å²) in [7, 11) is 0. The largest absolute Gasteiger partial charge is 0.457 e. The Hall–Kier alpha value is -1.69. The molecule has 0 amide bonds. The number of ether oxygens (including phenoxy) is 2. The molecule has 1 aromatic heterocycles. The van der Waals surface area contributed by atoms with Gasteiger partial charge in [-0.2, -0.15) is 0 Å². The van der Waals surface area contributed by atoms with Crippen molar-refractivity contribution < 1.29 is 14.3 Å². The Labute approximate surface area is 144 Å². The van der Waals surface area contributed by atoms with Gasteiger partial charge in [-0.25, -0.2) is 9.78 Å². The highest BCUT2D eigenvalue weighted by atomic mass is 35.5. The van der Waals surface area contributed by atoms with E-state index in [2.05, 4.69) is 11.6 Å². The number of benzene rings is 1. The first kappa shape index (κ1) is 17.7. The van der Waals surface area contributed by atoms with Crippen LogP contribution in [0.25, 0.3) is 0 Å². The normalized spacial score (nSPS) is 11.9. The number of halogens is 1. The second-order valence-corrected chi connectivity index (χ2v) is 6.29. The molecule has 0 fully saturated rings. The van der Waals surface area contributed by atoms with Crippen LogP contribution in [-0.2, 0) is 27.3 Å². The smallest absolute Gasteiger partial charge is 0.335 e. The highest BCUT2D eigenvalue weighted by Gasteiger charge is 2.15. The van der Waals surface area contributed by atoms with Gasteiger partial charge in [-0.15, -0.1) is 17.9 Å². The minimum Gasteiger partial charge on any atom is -0.457 e. The van der Waals surface area contributed by atoms with E-state index in [-0.39, 0.29) is 6.61 Å². The van der Waals surface area contributed by atoms with Gasteiger partial charge in [-0.05, 0) is 24.6 Å². The topological polar surface area (TPSA) is 48.4 Å². The van der Waals surface area contributed by atoms with Gasteiger partial charge in [-0.1, -0.05) is 29.8 Å². The third-order valence-electron chi connectivity index (χ3n) is 3.03. The summed E-state index contributed by atoms with van der Waals surface area (Å²) in [5, 5.41) is 3.58. The maximum atomic E-state index is 11.7. The number of rotatable bonds is 8. The molecule has 23 heavy (non-hydrogen) atoms. The Kier molecular flexibility index (Phi) is 6.77. The fourth-order valence-electron chi connectivity index (χ4n) is 1.82. The maximum Gasteiger partial charge on any atom is 0.335 e. The van der Waals surface area contributed by atoms with Crippen LogP contribution in [-0.4, -0.2) is 23.7 Å². The van der Waals surface area contributed by atoms with Crippen LogP contribution < -0.4 is 0 Å². The standard InChI is InChI=1S/C17H18ClNO3S/c1-3-8-21-12(2)17(20)22-10-15-11-23-16(19-15)9-13-4-6-14(18)7-5-13/h3-7,11-12H,1,8-10H2,2H3. The van der Waals surface area contributed by atoms with E-state index in [0.717, 1.165) is 22.7 Å². The van der Waals surface area contributed by atoms with Crippen LogP contribution in [0.3, 0.4) is 0 Å². The average molecular weight is 352 g/mol. The van der Waals surface area contributed by atoms with Crippen molar-refractivity contribution in [2.45, 2.75) is 26.1 Å². The fraction of sp³-hybridized carbons (Fsp3) is 0.294. The Morgan fingerprint density at radius 2 is 2.17 bits per heavy atom. The summed E-state index contributed by atoms with van der Waals surface area (Å²) in [6, 6.07) is 7.67. The van der Waals surface area contributed by atoms with Crippen molar-refractivity contribution >= 4 is 28.9 Å². The molecule has 0 radical (unpaired) electrons. The minimum absolute atomic E-state index is 0.151. The van der Waals surface area contributed by atoms with Crippen LogP contribution in [0.15, 0.2) is 42.3 Å². The van der Waals surface area contributed by atoms with E-state index in [4.69, 9.17) is 21.1 Å². The zero-order valence-electron chi connectivity index (χ0n) is 12.8. The number of esters is 1. The van der Waals surface area contributed by atoms with Crippen LogP contribution in [0.1, 0.15) is 23.2 Å². The number of nitrogens with zero attached hydrogens (tertiary/aromatic N) is 1. The summed E-state index contributed by atoms with van der Waals surface area (Å²) in [4.78, 5) is 16.2. The molecule has 0 aliphatic rings. The van der Waals surface area contributed by atoms with Crippen molar-refractivity contribution in [3.63, 3.8) is 0 Å². The van der Waals surface area contributed by atoms with Crippen molar-refractivity contribution in [3.8, 4) is 0 Å². The van der Waals surface area contributed by atoms with Crippen LogP contribution in [0, 0.1) is 0 Å². The highest BCUT2D eigenvalue weighted by Crippen LogP contribution is 2.17. The first-order valence-corrected chi connectivity index (χ1v) is 8.41. The van der Waals surface area contributed by atoms with Gasteiger partial charge in [0.2, 0.25) is 0 Å². The highest BCUT2D eigenvalue weighted by molar-refractivity contribution is 7.09. The molecule has 0 saturated heterocycles. The Morgan fingerprint density at radius 3 is 2.87 bits per heavy atom. The maximum absolute atomic E-state index is 11.7. The number of aromatic nitrogens is 1. The van der Waals surface area contributed by atoms with E-state index in [1.807, 2.05) is 29.6 Å². The van der Waals surface area contributed by atoms with E-state index in [0.29, 0.717) is 11.6 Å². The number of thiazole rings is 1. The predicted molar refractivity (Wildman–Crippen MR) is 91.8 cm³/mol. The number of hydrogen-bond donors (Lipinski definition) is 0. The summed E-state index contributed by atoms with van der Waals surface area (Å²) in [5.41, 5.74) is 1.88. The van der Waals surface area contributed by atoms with Crippen molar-refractivity contribution in [2.75, 3.05) is 6.61 Å². The van der Waals surface area contributed by atoms with E-state index >= 15 is 0 Å². The van der Waals surface area contributed by atoms with Crippen molar-refractivity contribution in [1.29, 1.82) is 0 Å². The molecular weight excluding hydrogens is 334 g/mol. The van der Waals surface area contributed by atoms with Gasteiger partial charge in [0.25, 0.3) is 0 Å². The molecule has 0 spiro atoms. The summed E-state index contributed by atoms with van der Waals surface area (Å²) in [5.74, 6) is -0.404. The molecule has 2 rings (SSSR count). The Morgan fingerprint density at radius 1 is 1.43 bits per heavy atom. The van der Waals surface area contributed by atoms with Crippen LogP contribution in [0.5, 0.6) is 0 Å². The molecule has 1 aromatic carbocycles. The van der Waals surface area contributed by atoms with Gasteiger partial charge in [0.05, 0.1) is 17.3 Å². The van der Waals surface area contributed by atoms with Gasteiger partial charge >= 0.3 is 5.97 Å². The second kappa shape index (κ2) is 8.82. The molecule has 1 heterocycles. The second-order valence-electron chi connectivity index (χ2n) is 4.91. The molecule has 2 aromatic rings. The molecular formula is C17H18ClNO3S. The monoisotopic (exact) mass is 351 g/mol. The lowest BCUT2D eigenvalue weighted by molar-refractivity contribution is -0.156. The van der Waals surface area contributed by atoms with Crippen LogP contribution in [0.2, 0.25) is 5.02 Å². The number of carbonyl (C=O) groups excluding carboxylic acids is 1. The lowest BCUT2D eigenvalue weighted by Gasteiger charge is -2.10. The lowest BCUT2D eigenvalue weighted by atomic mass is 10.2. The molecule has 0 aliphatic heterocycles. The third kappa shape index (κ3) is 5.78. The molecule has 0 saturated carbocycles.